The molecule has 0 fully saturated rings. The summed E-state index contributed by atoms with van der Waals surface area (Å²) in [6, 6.07) is 6.22. The largest absolute Gasteiger partial charge is 0.376 e. The van der Waals surface area contributed by atoms with Crippen molar-refractivity contribution in [2.24, 2.45) is 0 Å². The van der Waals surface area contributed by atoms with Gasteiger partial charge in [-0.05, 0) is 51.0 Å². The molecule has 104 valence electrons. The summed E-state index contributed by atoms with van der Waals surface area (Å²) in [7, 11) is 0. The van der Waals surface area contributed by atoms with E-state index in [1.165, 1.54) is 11.1 Å². The molecule has 0 heterocycles. The van der Waals surface area contributed by atoms with Crippen LogP contribution < -0.4 is 5.32 Å². The van der Waals surface area contributed by atoms with E-state index in [0.29, 0.717) is 19.6 Å². The number of carbonyl (C=O) groups excluding carboxylic acids is 1. The first-order valence-electron chi connectivity index (χ1n) is 6.66. The summed E-state index contributed by atoms with van der Waals surface area (Å²) in [6.07, 6.45) is 0. The first kappa shape index (κ1) is 15.3. The van der Waals surface area contributed by atoms with E-state index in [1.807, 2.05) is 13.8 Å². The summed E-state index contributed by atoms with van der Waals surface area (Å²) < 4.78 is 0. The topological polar surface area (TPSA) is 32.3 Å². The number of aryl methyl sites for hydroxylation is 2. The lowest BCUT2D eigenvalue weighted by atomic mass is 10.1. The molecule has 0 aromatic heterocycles. The molecule has 3 nitrogen and oxygen atoms in total. The minimum Gasteiger partial charge on any atom is -0.376 e. The predicted molar refractivity (Wildman–Crippen MR) is 81.5 cm³/mol. The molecule has 0 aliphatic carbocycles. The highest BCUT2D eigenvalue weighted by molar-refractivity contribution is 5.81. The van der Waals surface area contributed by atoms with Crippen molar-refractivity contribution in [3.63, 3.8) is 0 Å². The Labute approximate surface area is 116 Å². The van der Waals surface area contributed by atoms with E-state index in [9.17, 15) is 4.79 Å². The Morgan fingerprint density at radius 2 is 1.84 bits per heavy atom. The Hall–Kier alpha value is -1.77. The molecule has 1 rings (SSSR count). The summed E-state index contributed by atoms with van der Waals surface area (Å²) >= 11 is 0. The van der Waals surface area contributed by atoms with Crippen LogP contribution in [-0.2, 0) is 4.79 Å². The third-order valence-electron chi connectivity index (χ3n) is 2.86. The molecule has 0 aliphatic heterocycles. The standard InChI is InChI=1S/C16H24N2O/c1-6-18(11-12(2)3)16(19)10-17-15-8-13(4)7-14(5)9-15/h7-9,17H,2,6,10-11H2,1,3-5H3. The van der Waals surface area contributed by atoms with E-state index in [1.54, 1.807) is 4.90 Å². The minimum atomic E-state index is 0.102. The first-order chi connectivity index (χ1) is 8.92. The van der Waals surface area contributed by atoms with Gasteiger partial charge >= 0.3 is 0 Å². The van der Waals surface area contributed by atoms with Gasteiger partial charge in [0.1, 0.15) is 0 Å². The zero-order valence-corrected chi connectivity index (χ0v) is 12.4. The number of rotatable bonds is 6. The van der Waals surface area contributed by atoms with E-state index in [0.717, 1.165) is 11.3 Å². The minimum absolute atomic E-state index is 0.102. The van der Waals surface area contributed by atoms with Crippen molar-refractivity contribution in [3.05, 3.63) is 41.5 Å². The summed E-state index contributed by atoms with van der Waals surface area (Å²) in [6.45, 7) is 13.5. The number of anilines is 1. The molecule has 1 amide bonds. The summed E-state index contributed by atoms with van der Waals surface area (Å²) in [4.78, 5) is 13.9. The highest BCUT2D eigenvalue weighted by Crippen LogP contribution is 2.13. The Kier molecular flexibility index (Phi) is 5.61. The second-order valence-electron chi connectivity index (χ2n) is 5.09. The van der Waals surface area contributed by atoms with E-state index >= 15 is 0 Å². The third kappa shape index (κ3) is 5.16. The Morgan fingerprint density at radius 3 is 2.32 bits per heavy atom. The van der Waals surface area contributed by atoms with Crippen molar-refractivity contribution in [1.29, 1.82) is 0 Å². The van der Waals surface area contributed by atoms with Gasteiger partial charge in [0.2, 0.25) is 5.91 Å². The van der Waals surface area contributed by atoms with Crippen LogP contribution in [0.1, 0.15) is 25.0 Å². The Balaban J connectivity index is 2.59. The Morgan fingerprint density at radius 1 is 1.26 bits per heavy atom. The molecule has 3 heteroatoms. The number of amides is 1. The molecular formula is C16H24N2O. The van der Waals surface area contributed by atoms with Gasteiger partial charge in [-0.3, -0.25) is 4.79 Å². The van der Waals surface area contributed by atoms with Crippen LogP contribution in [0.25, 0.3) is 0 Å². The average molecular weight is 260 g/mol. The maximum Gasteiger partial charge on any atom is 0.242 e. The molecule has 0 radical (unpaired) electrons. The number of benzene rings is 1. The SMILES string of the molecule is C=C(C)CN(CC)C(=O)CNc1cc(C)cc(C)c1. The summed E-state index contributed by atoms with van der Waals surface area (Å²) in [5, 5.41) is 3.19. The van der Waals surface area contributed by atoms with Gasteiger partial charge in [0.25, 0.3) is 0 Å². The van der Waals surface area contributed by atoms with E-state index in [-0.39, 0.29) is 5.91 Å². The fourth-order valence-electron chi connectivity index (χ4n) is 2.07. The number of carbonyl (C=O) groups is 1. The molecule has 0 saturated carbocycles. The molecule has 0 atom stereocenters. The number of nitrogens with one attached hydrogen (secondary N) is 1. The summed E-state index contributed by atoms with van der Waals surface area (Å²) in [5.74, 6) is 0.102. The fourth-order valence-corrected chi connectivity index (χ4v) is 2.07. The molecule has 0 bridgehead atoms. The lowest BCUT2D eigenvalue weighted by molar-refractivity contribution is -0.128. The average Bonchev–Trinajstić information content (AvgIpc) is 2.31. The quantitative estimate of drug-likeness (QED) is 0.797. The van der Waals surface area contributed by atoms with Gasteiger partial charge < -0.3 is 10.2 Å². The van der Waals surface area contributed by atoms with Gasteiger partial charge in [0.15, 0.2) is 0 Å². The van der Waals surface area contributed by atoms with Crippen LogP contribution in [0.3, 0.4) is 0 Å². The van der Waals surface area contributed by atoms with Gasteiger partial charge in [0, 0.05) is 18.8 Å². The molecule has 0 spiro atoms. The number of hydrogen-bond donors (Lipinski definition) is 1. The molecule has 19 heavy (non-hydrogen) atoms. The molecule has 1 N–H and O–H groups in total. The second kappa shape index (κ2) is 6.98. The number of hydrogen-bond acceptors (Lipinski definition) is 2. The van der Waals surface area contributed by atoms with Crippen molar-refractivity contribution in [1.82, 2.24) is 4.90 Å². The number of likely N-dealkylation sites (N-methyl/N-ethyl adjacent to an activating group) is 1. The van der Waals surface area contributed by atoms with Crippen molar-refractivity contribution >= 4 is 11.6 Å². The smallest absolute Gasteiger partial charge is 0.242 e. The first-order valence-corrected chi connectivity index (χ1v) is 6.66. The van der Waals surface area contributed by atoms with Gasteiger partial charge in [-0.15, -0.1) is 0 Å². The lowest BCUT2D eigenvalue weighted by Gasteiger charge is -2.21. The lowest BCUT2D eigenvalue weighted by Crippen LogP contribution is -2.36. The van der Waals surface area contributed by atoms with Gasteiger partial charge in [0.05, 0.1) is 6.54 Å². The molecule has 1 aromatic carbocycles. The van der Waals surface area contributed by atoms with Crippen LogP contribution in [-0.4, -0.2) is 30.4 Å². The zero-order valence-electron chi connectivity index (χ0n) is 12.4. The van der Waals surface area contributed by atoms with E-state index in [4.69, 9.17) is 0 Å². The van der Waals surface area contributed by atoms with Gasteiger partial charge in [-0.1, -0.05) is 18.2 Å². The van der Waals surface area contributed by atoms with Crippen molar-refractivity contribution in [3.8, 4) is 0 Å². The van der Waals surface area contributed by atoms with Crippen molar-refractivity contribution < 1.29 is 4.79 Å². The van der Waals surface area contributed by atoms with Gasteiger partial charge in [-0.25, -0.2) is 0 Å². The number of nitrogens with zero attached hydrogens (tertiary/aromatic N) is 1. The van der Waals surface area contributed by atoms with Crippen molar-refractivity contribution in [2.75, 3.05) is 25.0 Å². The second-order valence-corrected chi connectivity index (χ2v) is 5.09. The summed E-state index contributed by atoms with van der Waals surface area (Å²) in [5.41, 5.74) is 4.40. The van der Waals surface area contributed by atoms with E-state index < -0.39 is 0 Å². The fraction of sp³-hybridized carbons (Fsp3) is 0.438. The predicted octanol–water partition coefficient (Wildman–Crippen LogP) is 3.14. The third-order valence-corrected chi connectivity index (χ3v) is 2.86. The Bertz CT molecular complexity index is 446. The van der Waals surface area contributed by atoms with Crippen molar-refractivity contribution in [2.45, 2.75) is 27.7 Å². The van der Waals surface area contributed by atoms with Crippen LogP contribution in [0.15, 0.2) is 30.4 Å². The zero-order chi connectivity index (χ0) is 14.4. The highest BCUT2D eigenvalue weighted by Gasteiger charge is 2.11. The van der Waals surface area contributed by atoms with E-state index in [2.05, 4.69) is 43.9 Å². The normalized spacial score (nSPS) is 10.1. The van der Waals surface area contributed by atoms with Crippen LogP contribution in [0.2, 0.25) is 0 Å². The molecular weight excluding hydrogens is 236 g/mol. The van der Waals surface area contributed by atoms with Crippen LogP contribution in [0.4, 0.5) is 5.69 Å². The highest BCUT2D eigenvalue weighted by atomic mass is 16.2. The molecule has 0 saturated heterocycles. The van der Waals surface area contributed by atoms with Crippen LogP contribution in [0.5, 0.6) is 0 Å². The molecule has 0 unspecified atom stereocenters. The van der Waals surface area contributed by atoms with Crippen LogP contribution in [0, 0.1) is 13.8 Å². The molecule has 1 aromatic rings. The van der Waals surface area contributed by atoms with Gasteiger partial charge in [-0.2, -0.15) is 0 Å². The molecule has 0 aliphatic rings. The monoisotopic (exact) mass is 260 g/mol. The van der Waals surface area contributed by atoms with Crippen LogP contribution >= 0.6 is 0 Å². The maximum atomic E-state index is 12.1. The maximum absolute atomic E-state index is 12.1.